The van der Waals surface area contributed by atoms with Crippen LogP contribution in [0.1, 0.15) is 30.5 Å². The van der Waals surface area contributed by atoms with Crippen molar-refractivity contribution in [1.29, 1.82) is 0 Å². The van der Waals surface area contributed by atoms with E-state index in [0.717, 1.165) is 11.8 Å². The van der Waals surface area contributed by atoms with Crippen LogP contribution in [0.15, 0.2) is 34.8 Å². The van der Waals surface area contributed by atoms with Crippen LogP contribution in [0.2, 0.25) is 0 Å². The van der Waals surface area contributed by atoms with E-state index < -0.39 is 34.1 Å². The Labute approximate surface area is 192 Å². The monoisotopic (exact) mass is 520 g/mol. The van der Waals surface area contributed by atoms with Crippen molar-refractivity contribution in [2.45, 2.75) is 33.9 Å². The predicted octanol–water partition coefficient (Wildman–Crippen LogP) is 6.67. The van der Waals surface area contributed by atoms with Gasteiger partial charge in [-0.05, 0) is 57.0 Å². The molecule has 32 heavy (non-hydrogen) atoms. The van der Waals surface area contributed by atoms with Gasteiger partial charge in [-0.3, -0.25) is 15.0 Å². The number of ether oxygens (including phenoxy) is 2. The number of alkyl halides is 3. The van der Waals surface area contributed by atoms with Gasteiger partial charge in [-0.15, -0.1) is 0 Å². The SMILES string of the molecule is CCOC(=O)N(CC)c1c([N+](=O)[O-])cc(Br)cc1C(F)(F)F.COc1ccc(C)c(C)c1. The molecule has 0 aliphatic heterocycles. The fourth-order valence-corrected chi connectivity index (χ4v) is 3.09. The maximum absolute atomic E-state index is 13.2. The van der Waals surface area contributed by atoms with E-state index in [2.05, 4.69) is 40.6 Å². The first-order valence-corrected chi connectivity index (χ1v) is 10.3. The first-order valence-electron chi connectivity index (χ1n) is 9.47. The van der Waals surface area contributed by atoms with Gasteiger partial charge >= 0.3 is 12.3 Å². The number of carbonyl (C=O) groups is 1. The van der Waals surface area contributed by atoms with Gasteiger partial charge in [0.25, 0.3) is 5.69 Å². The van der Waals surface area contributed by atoms with Gasteiger partial charge in [0.2, 0.25) is 0 Å². The van der Waals surface area contributed by atoms with E-state index in [-0.39, 0.29) is 17.6 Å². The normalized spacial score (nSPS) is 10.7. The van der Waals surface area contributed by atoms with E-state index in [4.69, 9.17) is 4.74 Å². The van der Waals surface area contributed by atoms with Gasteiger partial charge in [0.15, 0.2) is 0 Å². The molecule has 11 heteroatoms. The third-order valence-electron chi connectivity index (χ3n) is 4.35. The highest BCUT2D eigenvalue weighted by atomic mass is 79.9. The van der Waals surface area contributed by atoms with Gasteiger partial charge in [-0.2, -0.15) is 13.2 Å². The van der Waals surface area contributed by atoms with Crippen molar-refractivity contribution < 1.29 is 32.4 Å². The zero-order valence-electron chi connectivity index (χ0n) is 18.2. The van der Waals surface area contributed by atoms with Crippen LogP contribution >= 0.6 is 15.9 Å². The lowest BCUT2D eigenvalue weighted by Crippen LogP contribution is -2.33. The molecule has 0 aromatic heterocycles. The molecule has 0 spiro atoms. The van der Waals surface area contributed by atoms with Crippen molar-refractivity contribution in [3.8, 4) is 5.75 Å². The molecule has 0 N–H and O–H groups in total. The summed E-state index contributed by atoms with van der Waals surface area (Å²) < 4.78 is 49.2. The first kappa shape index (κ1) is 27.2. The maximum atomic E-state index is 13.2. The lowest BCUT2D eigenvalue weighted by atomic mass is 10.1. The molecule has 2 rings (SSSR count). The minimum Gasteiger partial charge on any atom is -0.497 e. The molecule has 0 saturated carbocycles. The van der Waals surface area contributed by atoms with Crippen molar-refractivity contribution in [2.24, 2.45) is 0 Å². The summed E-state index contributed by atoms with van der Waals surface area (Å²) in [5, 5.41) is 11.1. The van der Waals surface area contributed by atoms with Crippen LogP contribution in [0.4, 0.5) is 29.3 Å². The minimum atomic E-state index is -4.87. The van der Waals surface area contributed by atoms with Crippen LogP contribution in [0.5, 0.6) is 5.75 Å². The zero-order chi connectivity index (χ0) is 24.6. The Kier molecular flexibility index (Phi) is 9.95. The van der Waals surface area contributed by atoms with Crippen LogP contribution in [-0.4, -0.2) is 31.3 Å². The lowest BCUT2D eigenvalue weighted by Gasteiger charge is -2.23. The molecule has 7 nitrogen and oxygen atoms in total. The van der Waals surface area contributed by atoms with Gasteiger partial charge in [0, 0.05) is 17.1 Å². The Hall–Kier alpha value is -2.82. The molecule has 1 amide bonds. The van der Waals surface area contributed by atoms with E-state index in [1.165, 1.54) is 25.0 Å². The van der Waals surface area contributed by atoms with Crippen LogP contribution in [0, 0.1) is 24.0 Å². The molecular formula is C21H24BrF3N2O5. The number of nitrogens with zero attached hydrogens (tertiary/aromatic N) is 2. The fraction of sp³-hybridized carbons (Fsp3) is 0.381. The highest BCUT2D eigenvalue weighted by Crippen LogP contribution is 2.44. The average Bonchev–Trinajstić information content (AvgIpc) is 2.71. The largest absolute Gasteiger partial charge is 0.497 e. The number of nitro benzene ring substituents is 1. The molecule has 0 radical (unpaired) electrons. The molecule has 0 heterocycles. The van der Waals surface area contributed by atoms with E-state index >= 15 is 0 Å². The lowest BCUT2D eigenvalue weighted by molar-refractivity contribution is -0.384. The molecule has 0 saturated heterocycles. The zero-order valence-corrected chi connectivity index (χ0v) is 19.8. The molecule has 0 unspecified atom stereocenters. The number of carbonyl (C=O) groups excluding carboxylic acids is 1. The van der Waals surface area contributed by atoms with E-state index in [1.54, 1.807) is 7.11 Å². The fourth-order valence-electron chi connectivity index (χ4n) is 2.64. The van der Waals surface area contributed by atoms with Crippen molar-refractivity contribution >= 4 is 33.4 Å². The summed E-state index contributed by atoms with van der Waals surface area (Å²) in [6, 6.07) is 7.67. The Morgan fingerprint density at radius 3 is 2.22 bits per heavy atom. The number of hydrogen-bond donors (Lipinski definition) is 0. The maximum Gasteiger partial charge on any atom is 0.418 e. The van der Waals surface area contributed by atoms with E-state index in [1.807, 2.05) is 12.1 Å². The highest BCUT2D eigenvalue weighted by Gasteiger charge is 2.41. The summed E-state index contributed by atoms with van der Waals surface area (Å²) in [5.41, 5.74) is -0.373. The van der Waals surface area contributed by atoms with Crippen molar-refractivity contribution in [3.05, 3.63) is 61.6 Å². The molecule has 0 bridgehead atoms. The Morgan fingerprint density at radius 1 is 1.16 bits per heavy atom. The second-order valence-electron chi connectivity index (χ2n) is 6.47. The number of amides is 1. The Morgan fingerprint density at radius 2 is 1.78 bits per heavy atom. The smallest absolute Gasteiger partial charge is 0.418 e. The number of halogens is 4. The second kappa shape index (κ2) is 11.7. The number of hydrogen-bond acceptors (Lipinski definition) is 5. The van der Waals surface area contributed by atoms with Crippen LogP contribution in [0.25, 0.3) is 0 Å². The summed E-state index contributed by atoms with van der Waals surface area (Å²) in [4.78, 5) is 22.5. The van der Waals surface area contributed by atoms with Crippen LogP contribution in [0.3, 0.4) is 0 Å². The van der Waals surface area contributed by atoms with Gasteiger partial charge in [0.05, 0.1) is 24.2 Å². The third-order valence-corrected chi connectivity index (χ3v) is 4.80. The van der Waals surface area contributed by atoms with Crippen molar-refractivity contribution in [2.75, 3.05) is 25.2 Å². The second-order valence-corrected chi connectivity index (χ2v) is 7.38. The Balaban J connectivity index is 0.000000425. The van der Waals surface area contributed by atoms with Gasteiger partial charge in [0.1, 0.15) is 11.4 Å². The topological polar surface area (TPSA) is 81.9 Å². The molecule has 0 fully saturated rings. The predicted molar refractivity (Wildman–Crippen MR) is 118 cm³/mol. The summed E-state index contributed by atoms with van der Waals surface area (Å²) in [6.45, 7) is 6.76. The number of benzene rings is 2. The summed E-state index contributed by atoms with van der Waals surface area (Å²) in [7, 11) is 1.68. The summed E-state index contributed by atoms with van der Waals surface area (Å²) in [6.07, 6.45) is -5.95. The standard InChI is InChI=1S/C12H12BrF3N2O4.C9H12O/c1-3-17(11(19)22-4-2)10-8(12(14,15)16)5-7(13)6-9(10)18(20)21;1-7-4-5-9(10-3)6-8(7)2/h5-6H,3-4H2,1-2H3;4-6H,1-3H3. The Bertz CT molecular complexity index is 967. The molecule has 176 valence electrons. The van der Waals surface area contributed by atoms with Gasteiger partial charge in [-0.25, -0.2) is 4.79 Å². The molecule has 2 aromatic carbocycles. The molecule has 0 aliphatic carbocycles. The average molecular weight is 521 g/mol. The van der Waals surface area contributed by atoms with E-state index in [0.29, 0.717) is 11.0 Å². The van der Waals surface area contributed by atoms with Gasteiger partial charge < -0.3 is 9.47 Å². The summed E-state index contributed by atoms with van der Waals surface area (Å²) >= 11 is 2.81. The van der Waals surface area contributed by atoms with Crippen molar-refractivity contribution in [1.82, 2.24) is 0 Å². The quantitative estimate of drug-likeness (QED) is 0.324. The first-order chi connectivity index (χ1) is 14.9. The van der Waals surface area contributed by atoms with Crippen molar-refractivity contribution in [3.63, 3.8) is 0 Å². The number of aryl methyl sites for hydroxylation is 2. The molecular weight excluding hydrogens is 497 g/mol. The number of rotatable bonds is 5. The number of anilines is 1. The highest BCUT2D eigenvalue weighted by molar-refractivity contribution is 9.10. The molecule has 2 aromatic rings. The van der Waals surface area contributed by atoms with Crippen LogP contribution in [-0.2, 0) is 10.9 Å². The third kappa shape index (κ3) is 7.11. The number of methoxy groups -OCH3 is 1. The number of nitro groups is 1. The van der Waals surface area contributed by atoms with Gasteiger partial charge in [-0.1, -0.05) is 22.0 Å². The molecule has 0 atom stereocenters. The molecule has 0 aliphatic rings. The summed E-state index contributed by atoms with van der Waals surface area (Å²) in [5.74, 6) is 0.933. The van der Waals surface area contributed by atoms with E-state index in [9.17, 15) is 28.1 Å². The minimum absolute atomic E-state index is 0.0684. The van der Waals surface area contributed by atoms with Crippen LogP contribution < -0.4 is 9.64 Å².